The third-order valence-corrected chi connectivity index (χ3v) is 4.62. The van der Waals surface area contributed by atoms with Crippen molar-refractivity contribution < 1.29 is 22.7 Å². The number of nitrogens with zero attached hydrogens (tertiary/aromatic N) is 1. The lowest BCUT2D eigenvalue weighted by Gasteiger charge is -2.37. The summed E-state index contributed by atoms with van der Waals surface area (Å²) < 4.78 is 42.8. The highest BCUT2D eigenvalue weighted by molar-refractivity contribution is 6.31. The normalized spacial score (nSPS) is 22.2. The molecule has 156 valence electrons. The van der Waals surface area contributed by atoms with Crippen LogP contribution in [0, 0.1) is 5.92 Å². The molecule has 1 heterocycles. The van der Waals surface area contributed by atoms with Crippen molar-refractivity contribution in [3.05, 3.63) is 22.8 Å². The van der Waals surface area contributed by atoms with Gasteiger partial charge in [-0.05, 0) is 25.8 Å². The number of aromatic nitrogens is 1. The first-order valence-electron chi connectivity index (χ1n) is 8.03. The fourth-order valence-electron chi connectivity index (χ4n) is 2.92. The number of ether oxygens (including phenoxy) is 1. The average molecular weight is 453 g/mol. The Morgan fingerprint density at radius 3 is 2.67 bits per heavy atom. The quantitative estimate of drug-likeness (QED) is 0.662. The van der Waals surface area contributed by atoms with Crippen LogP contribution in [-0.4, -0.2) is 29.6 Å². The van der Waals surface area contributed by atoms with Crippen LogP contribution in [0.25, 0.3) is 0 Å². The number of hydrogen-bond donors (Lipinski definition) is 2. The van der Waals surface area contributed by atoms with Crippen molar-refractivity contribution in [1.29, 1.82) is 0 Å². The summed E-state index contributed by atoms with van der Waals surface area (Å²) in [6.45, 7) is 2.10. The average Bonchev–Trinajstić information content (AvgIpc) is 2.51. The molecule has 27 heavy (non-hydrogen) atoms. The maximum absolute atomic E-state index is 12.5. The minimum atomic E-state index is -4.52. The van der Waals surface area contributed by atoms with Gasteiger partial charge in [-0.1, -0.05) is 24.4 Å². The van der Waals surface area contributed by atoms with Crippen LogP contribution in [0.4, 0.5) is 13.2 Å². The topological polar surface area (TPSA) is 77.2 Å². The van der Waals surface area contributed by atoms with Gasteiger partial charge in [-0.3, -0.25) is 4.79 Å². The van der Waals surface area contributed by atoms with Crippen molar-refractivity contribution in [2.45, 2.75) is 44.3 Å². The number of pyridine rings is 1. The SMILES string of the molecule is CC1(N)CCCCC1C(=O)NCCOc1ncc(C(F)(F)F)cc1Cl.Cl.Cl. The Morgan fingerprint density at radius 1 is 1.44 bits per heavy atom. The predicted molar refractivity (Wildman–Crippen MR) is 102 cm³/mol. The fourth-order valence-corrected chi connectivity index (χ4v) is 3.14. The summed E-state index contributed by atoms with van der Waals surface area (Å²) >= 11 is 5.74. The second-order valence-electron chi connectivity index (χ2n) is 6.45. The molecule has 0 saturated heterocycles. The summed E-state index contributed by atoms with van der Waals surface area (Å²) in [7, 11) is 0. The second kappa shape index (κ2) is 10.5. The van der Waals surface area contributed by atoms with Gasteiger partial charge in [0.25, 0.3) is 0 Å². The summed E-state index contributed by atoms with van der Waals surface area (Å²) in [4.78, 5) is 15.8. The monoisotopic (exact) mass is 451 g/mol. The molecule has 1 saturated carbocycles. The molecular weight excluding hydrogens is 430 g/mol. The van der Waals surface area contributed by atoms with Crippen LogP contribution in [0.3, 0.4) is 0 Å². The third kappa shape index (κ3) is 7.18. The number of amides is 1. The Hall–Kier alpha value is -0.960. The van der Waals surface area contributed by atoms with Crippen molar-refractivity contribution in [2.75, 3.05) is 13.2 Å². The number of carbonyl (C=O) groups excluding carboxylic acids is 1. The zero-order chi connectivity index (χ0) is 18.7. The van der Waals surface area contributed by atoms with Crippen molar-refractivity contribution in [3.63, 3.8) is 0 Å². The summed E-state index contributed by atoms with van der Waals surface area (Å²) in [5.74, 6) is -0.501. The Kier molecular flexibility index (Phi) is 10.2. The lowest BCUT2D eigenvalue weighted by Crippen LogP contribution is -2.53. The lowest BCUT2D eigenvalue weighted by atomic mass is 9.74. The smallest absolute Gasteiger partial charge is 0.417 e. The van der Waals surface area contributed by atoms with E-state index in [1.165, 1.54) is 0 Å². The van der Waals surface area contributed by atoms with E-state index < -0.39 is 17.3 Å². The molecule has 2 rings (SSSR count). The number of nitrogens with one attached hydrogen (secondary N) is 1. The number of nitrogens with two attached hydrogens (primary N) is 1. The summed E-state index contributed by atoms with van der Waals surface area (Å²) in [5.41, 5.74) is 4.70. The Balaban J connectivity index is 0.00000338. The Labute approximate surface area is 173 Å². The van der Waals surface area contributed by atoms with Gasteiger partial charge in [-0.2, -0.15) is 13.2 Å². The van der Waals surface area contributed by atoms with Gasteiger partial charge >= 0.3 is 6.18 Å². The standard InChI is InChI=1S/C16H21ClF3N3O2.2ClH/c1-15(21)5-3-2-4-11(15)13(24)22-6-7-25-14-12(17)8-10(9-23-14)16(18,19)20;;/h8-9,11H,2-7,21H2,1H3,(H,22,24);2*1H. The third-order valence-electron chi connectivity index (χ3n) is 4.35. The number of alkyl halides is 3. The molecule has 1 amide bonds. The molecule has 0 spiro atoms. The molecule has 1 aromatic heterocycles. The minimum Gasteiger partial charge on any atom is -0.475 e. The largest absolute Gasteiger partial charge is 0.475 e. The molecule has 2 unspecified atom stereocenters. The zero-order valence-corrected chi connectivity index (χ0v) is 17.0. The van der Waals surface area contributed by atoms with Gasteiger partial charge in [0, 0.05) is 11.7 Å². The molecule has 2 atom stereocenters. The first-order chi connectivity index (χ1) is 11.6. The van der Waals surface area contributed by atoms with Gasteiger partial charge in [0.05, 0.1) is 18.0 Å². The molecule has 11 heteroatoms. The highest BCUT2D eigenvalue weighted by Crippen LogP contribution is 2.33. The van der Waals surface area contributed by atoms with E-state index in [0.717, 1.165) is 31.7 Å². The number of rotatable bonds is 5. The van der Waals surface area contributed by atoms with Crippen molar-refractivity contribution in [1.82, 2.24) is 10.3 Å². The van der Waals surface area contributed by atoms with E-state index in [4.69, 9.17) is 22.1 Å². The van der Waals surface area contributed by atoms with Gasteiger partial charge in [-0.15, -0.1) is 24.8 Å². The van der Waals surface area contributed by atoms with Crippen LogP contribution in [0.1, 0.15) is 38.2 Å². The molecule has 5 nitrogen and oxygen atoms in total. The van der Waals surface area contributed by atoms with E-state index in [1.54, 1.807) is 0 Å². The van der Waals surface area contributed by atoms with E-state index in [2.05, 4.69) is 10.3 Å². The van der Waals surface area contributed by atoms with Crippen LogP contribution in [0.5, 0.6) is 5.88 Å². The van der Waals surface area contributed by atoms with E-state index in [-0.39, 0.29) is 60.7 Å². The molecule has 1 aliphatic rings. The molecule has 3 N–H and O–H groups in total. The van der Waals surface area contributed by atoms with E-state index >= 15 is 0 Å². The lowest BCUT2D eigenvalue weighted by molar-refractivity contribution is -0.137. The highest BCUT2D eigenvalue weighted by Gasteiger charge is 2.37. The molecule has 1 fully saturated rings. The maximum atomic E-state index is 12.5. The first kappa shape index (κ1) is 26.0. The minimum absolute atomic E-state index is 0. The van der Waals surface area contributed by atoms with Crippen molar-refractivity contribution >= 4 is 42.3 Å². The Bertz CT molecular complexity index is 631. The van der Waals surface area contributed by atoms with Crippen molar-refractivity contribution in [2.24, 2.45) is 11.7 Å². The van der Waals surface area contributed by atoms with Crippen LogP contribution in [-0.2, 0) is 11.0 Å². The van der Waals surface area contributed by atoms with E-state index in [9.17, 15) is 18.0 Å². The fraction of sp³-hybridized carbons (Fsp3) is 0.625. The number of carbonyl (C=O) groups is 1. The van der Waals surface area contributed by atoms with E-state index in [1.807, 2.05) is 6.92 Å². The summed E-state index contributed by atoms with van der Waals surface area (Å²) in [6.07, 6.45) is -0.344. The molecular formula is C16H23Cl3F3N3O2. The van der Waals surface area contributed by atoms with E-state index in [0.29, 0.717) is 6.20 Å². The molecule has 0 aliphatic heterocycles. The van der Waals surface area contributed by atoms with Crippen molar-refractivity contribution in [3.8, 4) is 5.88 Å². The van der Waals surface area contributed by atoms with Gasteiger partial charge in [-0.25, -0.2) is 4.98 Å². The summed E-state index contributed by atoms with van der Waals surface area (Å²) in [6, 6.07) is 0.754. The van der Waals surface area contributed by atoms with Crippen LogP contribution < -0.4 is 15.8 Å². The van der Waals surface area contributed by atoms with Crippen LogP contribution in [0.2, 0.25) is 5.02 Å². The second-order valence-corrected chi connectivity index (χ2v) is 6.86. The Morgan fingerprint density at radius 2 is 2.11 bits per heavy atom. The van der Waals surface area contributed by atoms with Gasteiger partial charge in [0.15, 0.2) is 0 Å². The molecule has 1 aromatic rings. The predicted octanol–water partition coefficient (Wildman–Crippen LogP) is 4.00. The molecule has 0 bridgehead atoms. The van der Waals surface area contributed by atoms with Crippen LogP contribution >= 0.6 is 36.4 Å². The van der Waals surface area contributed by atoms with Gasteiger partial charge in [0.1, 0.15) is 11.6 Å². The maximum Gasteiger partial charge on any atom is 0.417 e. The van der Waals surface area contributed by atoms with Crippen LogP contribution in [0.15, 0.2) is 12.3 Å². The summed E-state index contributed by atoms with van der Waals surface area (Å²) in [5, 5.41) is 2.51. The number of hydrogen-bond acceptors (Lipinski definition) is 4. The highest BCUT2D eigenvalue weighted by atomic mass is 35.5. The molecule has 1 aliphatic carbocycles. The van der Waals surface area contributed by atoms with Gasteiger partial charge in [0.2, 0.25) is 11.8 Å². The molecule has 0 aromatic carbocycles. The number of halogens is 6. The molecule has 0 radical (unpaired) electrons. The zero-order valence-electron chi connectivity index (χ0n) is 14.6. The first-order valence-corrected chi connectivity index (χ1v) is 8.41. The van der Waals surface area contributed by atoms with Gasteiger partial charge < -0.3 is 15.8 Å².